The number of nitrogens with zero attached hydrogens (tertiary/aromatic N) is 1. The third kappa shape index (κ3) is 5.11. The number of sulfonamides is 1. The lowest BCUT2D eigenvalue weighted by molar-refractivity contribution is -0.114. The Morgan fingerprint density at radius 3 is 2.20 bits per heavy atom. The molecule has 0 bridgehead atoms. The van der Waals surface area contributed by atoms with Crippen molar-refractivity contribution in [1.82, 2.24) is 0 Å². The van der Waals surface area contributed by atoms with Crippen LogP contribution in [0.25, 0.3) is 0 Å². The van der Waals surface area contributed by atoms with Crippen molar-refractivity contribution in [3.8, 4) is 0 Å². The molecule has 0 aliphatic heterocycles. The standard InChI is InChI=1S/C21H17Cl2FN2O3S/c1-14-6-8-18(9-7-14)30(28,29)26(17-11-15(22)10-16(23)12-17)13-21(27)25-20-5-3-2-4-19(20)24/h2-12H,13H2,1H3,(H,25,27). The van der Waals surface area contributed by atoms with Gasteiger partial charge in [0.15, 0.2) is 0 Å². The van der Waals surface area contributed by atoms with Crippen LogP contribution in [0.4, 0.5) is 15.8 Å². The highest BCUT2D eigenvalue weighted by Gasteiger charge is 2.28. The molecule has 0 saturated heterocycles. The van der Waals surface area contributed by atoms with E-state index in [0.717, 1.165) is 9.87 Å². The summed E-state index contributed by atoms with van der Waals surface area (Å²) in [6.45, 7) is 1.22. The number of carbonyl (C=O) groups is 1. The second-order valence-corrected chi connectivity index (χ2v) is 9.22. The average Bonchev–Trinajstić information content (AvgIpc) is 2.67. The van der Waals surface area contributed by atoms with E-state index in [2.05, 4.69) is 5.32 Å². The maximum Gasteiger partial charge on any atom is 0.264 e. The topological polar surface area (TPSA) is 66.5 Å². The van der Waals surface area contributed by atoms with Gasteiger partial charge in [0.25, 0.3) is 10.0 Å². The number of benzene rings is 3. The van der Waals surface area contributed by atoms with Crippen molar-refractivity contribution in [3.63, 3.8) is 0 Å². The molecule has 0 aromatic heterocycles. The van der Waals surface area contributed by atoms with Crippen LogP contribution >= 0.6 is 23.2 Å². The maximum atomic E-state index is 13.9. The Kier molecular flexibility index (Phi) is 6.65. The minimum Gasteiger partial charge on any atom is -0.322 e. The molecule has 0 heterocycles. The summed E-state index contributed by atoms with van der Waals surface area (Å²) in [6.07, 6.45) is 0. The molecule has 0 radical (unpaired) electrons. The van der Waals surface area contributed by atoms with E-state index >= 15 is 0 Å². The van der Waals surface area contributed by atoms with Crippen molar-refractivity contribution in [1.29, 1.82) is 0 Å². The third-order valence-corrected chi connectivity index (χ3v) is 6.40. The number of para-hydroxylation sites is 1. The zero-order valence-electron chi connectivity index (χ0n) is 15.8. The molecule has 0 spiro atoms. The first-order valence-corrected chi connectivity index (χ1v) is 11.0. The first kappa shape index (κ1) is 22.1. The highest BCUT2D eigenvalue weighted by Crippen LogP contribution is 2.30. The van der Waals surface area contributed by atoms with E-state index in [-0.39, 0.29) is 26.3 Å². The summed E-state index contributed by atoms with van der Waals surface area (Å²) in [5, 5.41) is 2.80. The van der Waals surface area contributed by atoms with Gasteiger partial charge in [0, 0.05) is 10.0 Å². The Labute approximate surface area is 184 Å². The van der Waals surface area contributed by atoms with Gasteiger partial charge in [-0.25, -0.2) is 12.8 Å². The zero-order valence-corrected chi connectivity index (χ0v) is 18.1. The summed E-state index contributed by atoms with van der Waals surface area (Å²) < 4.78 is 41.4. The third-order valence-electron chi connectivity index (χ3n) is 4.18. The highest BCUT2D eigenvalue weighted by molar-refractivity contribution is 7.92. The van der Waals surface area contributed by atoms with E-state index in [0.29, 0.717) is 0 Å². The predicted octanol–water partition coefficient (Wildman–Crippen LogP) is 5.27. The number of rotatable bonds is 6. The number of amides is 1. The van der Waals surface area contributed by atoms with Crippen molar-refractivity contribution in [3.05, 3.63) is 88.2 Å². The number of hydrogen-bond acceptors (Lipinski definition) is 3. The van der Waals surface area contributed by atoms with Crippen LogP contribution in [0.3, 0.4) is 0 Å². The van der Waals surface area contributed by atoms with Crippen molar-refractivity contribution in [2.45, 2.75) is 11.8 Å². The normalized spacial score (nSPS) is 11.2. The lowest BCUT2D eigenvalue weighted by atomic mass is 10.2. The van der Waals surface area contributed by atoms with Gasteiger partial charge in [-0.2, -0.15) is 0 Å². The fourth-order valence-electron chi connectivity index (χ4n) is 2.72. The van der Waals surface area contributed by atoms with Crippen molar-refractivity contribution < 1.29 is 17.6 Å². The van der Waals surface area contributed by atoms with Crippen LogP contribution in [-0.4, -0.2) is 20.9 Å². The number of halogens is 3. The molecule has 3 aromatic carbocycles. The molecule has 3 aromatic rings. The van der Waals surface area contributed by atoms with Crippen LogP contribution in [0.5, 0.6) is 0 Å². The fraction of sp³-hybridized carbons (Fsp3) is 0.0952. The maximum absolute atomic E-state index is 13.9. The molecule has 0 unspecified atom stereocenters. The molecule has 0 aliphatic carbocycles. The monoisotopic (exact) mass is 466 g/mol. The smallest absolute Gasteiger partial charge is 0.264 e. The molecular weight excluding hydrogens is 450 g/mol. The first-order valence-electron chi connectivity index (χ1n) is 8.77. The number of aryl methyl sites for hydroxylation is 1. The van der Waals surface area contributed by atoms with E-state index < -0.39 is 28.3 Å². The molecule has 0 saturated carbocycles. The minimum absolute atomic E-state index is 0.0112. The second kappa shape index (κ2) is 9.04. The van der Waals surface area contributed by atoms with Gasteiger partial charge in [0.2, 0.25) is 5.91 Å². The predicted molar refractivity (Wildman–Crippen MR) is 117 cm³/mol. The van der Waals surface area contributed by atoms with Crippen molar-refractivity contribution in [2.24, 2.45) is 0 Å². The molecule has 0 atom stereocenters. The van der Waals surface area contributed by atoms with E-state index in [9.17, 15) is 17.6 Å². The molecule has 156 valence electrons. The van der Waals surface area contributed by atoms with E-state index in [1.54, 1.807) is 18.2 Å². The van der Waals surface area contributed by atoms with E-state index in [1.165, 1.54) is 48.5 Å². The Morgan fingerprint density at radius 2 is 1.60 bits per heavy atom. The fourth-order valence-corrected chi connectivity index (χ4v) is 4.64. The number of anilines is 2. The van der Waals surface area contributed by atoms with Crippen LogP contribution in [0, 0.1) is 12.7 Å². The van der Waals surface area contributed by atoms with E-state index in [4.69, 9.17) is 23.2 Å². The molecular formula is C21H17Cl2FN2O3S. The first-order chi connectivity index (χ1) is 14.2. The lowest BCUT2D eigenvalue weighted by Crippen LogP contribution is -2.38. The largest absolute Gasteiger partial charge is 0.322 e. The van der Waals surface area contributed by atoms with Gasteiger partial charge in [-0.05, 0) is 49.4 Å². The molecule has 0 fully saturated rings. The second-order valence-electron chi connectivity index (χ2n) is 6.48. The number of hydrogen-bond donors (Lipinski definition) is 1. The molecule has 1 N–H and O–H groups in total. The van der Waals surface area contributed by atoms with Crippen LogP contribution in [0.2, 0.25) is 10.0 Å². The van der Waals surface area contributed by atoms with Crippen LogP contribution in [-0.2, 0) is 14.8 Å². The summed E-state index contributed by atoms with van der Waals surface area (Å²) in [5.74, 6) is -1.36. The van der Waals surface area contributed by atoms with Crippen molar-refractivity contribution in [2.75, 3.05) is 16.2 Å². The molecule has 30 heavy (non-hydrogen) atoms. The van der Waals surface area contributed by atoms with Gasteiger partial charge in [0.1, 0.15) is 12.4 Å². The molecule has 0 aliphatic rings. The Bertz CT molecular complexity index is 1160. The molecule has 9 heteroatoms. The minimum atomic E-state index is -4.14. The summed E-state index contributed by atoms with van der Waals surface area (Å²) in [7, 11) is -4.14. The quantitative estimate of drug-likeness (QED) is 0.537. The average molecular weight is 467 g/mol. The highest BCUT2D eigenvalue weighted by atomic mass is 35.5. The number of nitrogens with one attached hydrogen (secondary N) is 1. The SMILES string of the molecule is Cc1ccc(S(=O)(=O)N(CC(=O)Nc2ccccc2F)c2cc(Cl)cc(Cl)c2)cc1. The summed E-state index contributed by atoms with van der Waals surface area (Å²) in [5.41, 5.74) is 0.930. The molecule has 1 amide bonds. The van der Waals surface area contributed by atoms with Crippen LogP contribution in [0.1, 0.15) is 5.56 Å². The Balaban J connectivity index is 2.00. The summed E-state index contributed by atoms with van der Waals surface area (Å²) >= 11 is 12.1. The van der Waals surface area contributed by atoms with Crippen LogP contribution in [0.15, 0.2) is 71.6 Å². The summed E-state index contributed by atoms with van der Waals surface area (Å²) in [4.78, 5) is 12.6. The van der Waals surface area contributed by atoms with Crippen molar-refractivity contribution >= 4 is 50.5 Å². The van der Waals surface area contributed by atoms with Crippen LogP contribution < -0.4 is 9.62 Å². The lowest BCUT2D eigenvalue weighted by Gasteiger charge is -2.24. The summed E-state index contributed by atoms with van der Waals surface area (Å²) in [6, 6.07) is 16.0. The Morgan fingerprint density at radius 1 is 1.00 bits per heavy atom. The number of carbonyl (C=O) groups excluding carboxylic acids is 1. The van der Waals surface area contributed by atoms with Gasteiger partial charge >= 0.3 is 0 Å². The van der Waals surface area contributed by atoms with Gasteiger partial charge < -0.3 is 5.32 Å². The van der Waals surface area contributed by atoms with Gasteiger partial charge in [-0.1, -0.05) is 53.0 Å². The van der Waals surface area contributed by atoms with Gasteiger partial charge in [-0.15, -0.1) is 0 Å². The zero-order chi connectivity index (χ0) is 21.9. The van der Waals surface area contributed by atoms with Gasteiger partial charge in [0.05, 0.1) is 16.3 Å². The molecule has 5 nitrogen and oxygen atoms in total. The Hall–Kier alpha value is -2.61. The van der Waals surface area contributed by atoms with Gasteiger partial charge in [-0.3, -0.25) is 9.10 Å². The molecule has 3 rings (SSSR count). The van der Waals surface area contributed by atoms with E-state index in [1.807, 2.05) is 6.92 Å².